The van der Waals surface area contributed by atoms with E-state index in [2.05, 4.69) is 20.8 Å². The van der Waals surface area contributed by atoms with E-state index in [0.29, 0.717) is 25.3 Å². The third-order valence-corrected chi connectivity index (χ3v) is 4.15. The lowest BCUT2D eigenvalue weighted by molar-refractivity contribution is -0.0313. The van der Waals surface area contributed by atoms with Gasteiger partial charge in [-0.2, -0.15) is 0 Å². The minimum atomic E-state index is -0.350. The van der Waals surface area contributed by atoms with Crippen LogP contribution < -0.4 is 0 Å². The number of esters is 1. The van der Waals surface area contributed by atoms with Crippen molar-refractivity contribution in [1.82, 2.24) is 4.90 Å². The Hall–Kier alpha value is -0.950. The molecule has 110 valence electrons. The molecule has 1 heterocycles. The second-order valence-electron chi connectivity index (χ2n) is 4.68. The zero-order chi connectivity index (χ0) is 14.5. The molecular formula is C14H18BrNO4. The maximum Gasteiger partial charge on any atom is 0.337 e. The highest BCUT2D eigenvalue weighted by Gasteiger charge is 2.23. The van der Waals surface area contributed by atoms with Gasteiger partial charge in [0.1, 0.15) is 0 Å². The Morgan fingerprint density at radius 2 is 2.40 bits per heavy atom. The van der Waals surface area contributed by atoms with Crippen molar-refractivity contribution in [3.05, 3.63) is 33.8 Å². The number of carbonyl (C=O) groups excluding carboxylic acids is 1. The van der Waals surface area contributed by atoms with E-state index in [1.165, 1.54) is 7.11 Å². The molecule has 0 aromatic heterocycles. The second-order valence-corrected chi connectivity index (χ2v) is 5.53. The predicted octanol–water partition coefficient (Wildman–Crippen LogP) is 1.43. The summed E-state index contributed by atoms with van der Waals surface area (Å²) in [6.07, 6.45) is 0. The topological polar surface area (TPSA) is 59.0 Å². The lowest BCUT2D eigenvalue weighted by Crippen LogP contribution is -2.46. The van der Waals surface area contributed by atoms with Crippen molar-refractivity contribution in [2.75, 3.05) is 33.5 Å². The Kier molecular flexibility index (Phi) is 5.54. The number of benzene rings is 1. The number of aliphatic hydroxyl groups excluding tert-OH is 1. The number of carbonyl (C=O) groups is 1. The summed E-state index contributed by atoms with van der Waals surface area (Å²) >= 11 is 3.49. The van der Waals surface area contributed by atoms with Gasteiger partial charge in [0.25, 0.3) is 0 Å². The fourth-order valence-corrected chi connectivity index (χ4v) is 2.71. The molecule has 0 bridgehead atoms. The Labute approximate surface area is 126 Å². The monoisotopic (exact) mass is 343 g/mol. The normalized spacial score (nSPS) is 19.9. The first kappa shape index (κ1) is 15.4. The Bertz CT molecular complexity index is 480. The van der Waals surface area contributed by atoms with Crippen molar-refractivity contribution in [1.29, 1.82) is 0 Å². The fraction of sp³-hybridized carbons (Fsp3) is 0.500. The van der Waals surface area contributed by atoms with Crippen LogP contribution in [0.3, 0.4) is 0 Å². The molecule has 0 spiro atoms. The van der Waals surface area contributed by atoms with Crippen LogP contribution in [0, 0.1) is 0 Å². The number of nitrogens with zero attached hydrogens (tertiary/aromatic N) is 1. The van der Waals surface area contributed by atoms with Crippen molar-refractivity contribution in [3.63, 3.8) is 0 Å². The summed E-state index contributed by atoms with van der Waals surface area (Å²) in [5.41, 5.74) is 1.59. The highest BCUT2D eigenvalue weighted by molar-refractivity contribution is 9.10. The van der Waals surface area contributed by atoms with Gasteiger partial charge in [0.05, 0.1) is 38.5 Å². The Balaban J connectivity index is 2.11. The third kappa shape index (κ3) is 3.58. The van der Waals surface area contributed by atoms with Crippen LogP contribution in [0.15, 0.2) is 22.7 Å². The zero-order valence-corrected chi connectivity index (χ0v) is 12.9. The van der Waals surface area contributed by atoms with Crippen LogP contribution in [0.25, 0.3) is 0 Å². The first-order valence-electron chi connectivity index (χ1n) is 6.45. The van der Waals surface area contributed by atoms with Gasteiger partial charge in [0.15, 0.2) is 0 Å². The average molecular weight is 344 g/mol. The molecule has 6 heteroatoms. The van der Waals surface area contributed by atoms with Gasteiger partial charge in [0, 0.05) is 17.6 Å². The lowest BCUT2D eigenvalue weighted by atomic mass is 10.1. The number of hydrogen-bond acceptors (Lipinski definition) is 5. The van der Waals surface area contributed by atoms with Crippen LogP contribution in [0.1, 0.15) is 15.9 Å². The molecule has 0 radical (unpaired) electrons. The highest BCUT2D eigenvalue weighted by atomic mass is 79.9. The molecule has 1 saturated heterocycles. The molecule has 20 heavy (non-hydrogen) atoms. The van der Waals surface area contributed by atoms with Gasteiger partial charge >= 0.3 is 5.97 Å². The average Bonchev–Trinajstić information content (AvgIpc) is 2.49. The number of halogens is 1. The first-order valence-corrected chi connectivity index (χ1v) is 7.24. The Morgan fingerprint density at radius 1 is 1.60 bits per heavy atom. The molecule has 0 saturated carbocycles. The molecule has 5 nitrogen and oxygen atoms in total. The molecule has 0 aliphatic carbocycles. The molecule has 1 aliphatic heterocycles. The maximum atomic E-state index is 11.5. The SMILES string of the molecule is COC(=O)c1ccc(CN2CCOCC2CO)c(Br)c1. The van der Waals surface area contributed by atoms with Crippen molar-refractivity contribution < 1.29 is 19.4 Å². The van der Waals surface area contributed by atoms with Crippen molar-refractivity contribution >= 4 is 21.9 Å². The summed E-state index contributed by atoms with van der Waals surface area (Å²) in [6, 6.07) is 5.44. The van der Waals surface area contributed by atoms with Gasteiger partial charge in [-0.1, -0.05) is 22.0 Å². The van der Waals surface area contributed by atoms with Gasteiger partial charge in [0.2, 0.25) is 0 Å². The molecule has 1 aromatic rings. The van der Waals surface area contributed by atoms with E-state index in [1.807, 2.05) is 6.07 Å². The molecular weight excluding hydrogens is 326 g/mol. The van der Waals surface area contributed by atoms with E-state index < -0.39 is 0 Å². The molecule has 1 N–H and O–H groups in total. The minimum absolute atomic E-state index is 0.0240. The van der Waals surface area contributed by atoms with Crippen LogP contribution in [0.5, 0.6) is 0 Å². The summed E-state index contributed by atoms with van der Waals surface area (Å²) in [5, 5.41) is 9.36. The van der Waals surface area contributed by atoms with Crippen molar-refractivity contribution in [2.24, 2.45) is 0 Å². The standard InChI is InChI=1S/C14H18BrNO4/c1-19-14(18)10-2-3-11(13(15)6-10)7-16-4-5-20-9-12(16)8-17/h2-3,6,12,17H,4-5,7-9H2,1H3. The van der Waals surface area contributed by atoms with Gasteiger partial charge in [-0.3, -0.25) is 4.90 Å². The minimum Gasteiger partial charge on any atom is -0.465 e. The van der Waals surface area contributed by atoms with E-state index in [4.69, 9.17) is 9.47 Å². The molecule has 1 aromatic carbocycles. The molecule has 1 unspecified atom stereocenters. The first-order chi connectivity index (χ1) is 9.65. The van der Waals surface area contributed by atoms with Crippen molar-refractivity contribution in [2.45, 2.75) is 12.6 Å². The summed E-state index contributed by atoms with van der Waals surface area (Å²) in [4.78, 5) is 13.6. The van der Waals surface area contributed by atoms with Crippen molar-refractivity contribution in [3.8, 4) is 0 Å². The summed E-state index contributed by atoms with van der Waals surface area (Å²) in [7, 11) is 1.36. The van der Waals surface area contributed by atoms with Gasteiger partial charge in [-0.25, -0.2) is 4.79 Å². The molecule has 1 atom stereocenters. The molecule has 1 fully saturated rings. The number of rotatable bonds is 4. The van der Waals surface area contributed by atoms with Crippen LogP contribution in [-0.4, -0.2) is 55.5 Å². The maximum absolute atomic E-state index is 11.5. The quantitative estimate of drug-likeness (QED) is 0.838. The molecule has 2 rings (SSSR count). The van der Waals surface area contributed by atoms with Crippen LogP contribution in [0.4, 0.5) is 0 Å². The van der Waals surface area contributed by atoms with E-state index >= 15 is 0 Å². The van der Waals surface area contributed by atoms with Gasteiger partial charge in [-0.05, 0) is 17.7 Å². The number of hydrogen-bond donors (Lipinski definition) is 1. The number of aliphatic hydroxyl groups is 1. The predicted molar refractivity (Wildman–Crippen MR) is 77.6 cm³/mol. The number of methoxy groups -OCH3 is 1. The third-order valence-electron chi connectivity index (χ3n) is 3.41. The fourth-order valence-electron chi connectivity index (χ4n) is 2.20. The zero-order valence-electron chi connectivity index (χ0n) is 11.3. The number of morpholine rings is 1. The van der Waals surface area contributed by atoms with E-state index in [0.717, 1.165) is 16.6 Å². The smallest absolute Gasteiger partial charge is 0.337 e. The van der Waals surface area contributed by atoms with E-state index in [9.17, 15) is 9.90 Å². The highest BCUT2D eigenvalue weighted by Crippen LogP contribution is 2.22. The summed E-state index contributed by atoms with van der Waals surface area (Å²) in [5.74, 6) is -0.350. The second kappa shape index (κ2) is 7.17. The summed E-state index contributed by atoms with van der Waals surface area (Å²) in [6.45, 7) is 2.80. The Morgan fingerprint density at radius 3 is 3.05 bits per heavy atom. The van der Waals surface area contributed by atoms with Crippen LogP contribution in [-0.2, 0) is 16.0 Å². The van der Waals surface area contributed by atoms with Crippen LogP contribution >= 0.6 is 15.9 Å². The largest absolute Gasteiger partial charge is 0.465 e. The van der Waals surface area contributed by atoms with Gasteiger partial charge in [-0.15, -0.1) is 0 Å². The van der Waals surface area contributed by atoms with Gasteiger partial charge < -0.3 is 14.6 Å². The van der Waals surface area contributed by atoms with E-state index in [1.54, 1.807) is 12.1 Å². The number of ether oxygens (including phenoxy) is 2. The van der Waals surface area contributed by atoms with E-state index in [-0.39, 0.29) is 18.6 Å². The molecule has 0 amide bonds. The summed E-state index contributed by atoms with van der Waals surface area (Å²) < 4.78 is 10.9. The van der Waals surface area contributed by atoms with Crippen LogP contribution in [0.2, 0.25) is 0 Å². The molecule has 1 aliphatic rings. The lowest BCUT2D eigenvalue weighted by Gasteiger charge is -2.34.